The lowest BCUT2D eigenvalue weighted by Gasteiger charge is -2.25. The average Bonchev–Trinajstić information content (AvgIpc) is 1.35. The van der Waals surface area contributed by atoms with Crippen molar-refractivity contribution in [1.29, 1.82) is 0 Å². The van der Waals surface area contributed by atoms with Gasteiger partial charge < -0.3 is 68.6 Å². The molecule has 8 bridgehead atoms. The Morgan fingerprint density at radius 2 is 0.448 bits per heavy atom. The minimum atomic E-state index is 0. The molecule has 4 aromatic heterocycles. The predicted octanol–water partition coefficient (Wildman–Crippen LogP) is 4.03. The third-order valence-corrected chi connectivity index (χ3v) is 18.5. The Balaban J connectivity index is 0.00000417. The zero-order chi connectivity index (χ0) is 64.3. The van der Waals surface area contributed by atoms with E-state index in [1.165, 1.54) is 169 Å². The maximum atomic E-state index is 7.46. The van der Waals surface area contributed by atoms with Crippen molar-refractivity contribution in [2.75, 3.05) is 26.4 Å². The zero-order valence-electron chi connectivity index (χ0n) is 59.7. The standard InChI is InChI=1S/C80H116N8O4.4ClH/c1-9-13-17-21-25-29-41-89-77-69-45-65(57-85-37-33-81(5)61-85)46-70(77)54-72-48-67(59-87-39-35-83(7)63-87)50-74(79(72)91-43-31-27-23-19-15-11-3)56-76-52-68(60-88-40-36-84(8)64-88)51-75(80(76)92-44-32-28-24-20-16-12-4)55-73-49-66(58-86-38-34-82(6)62-86)47-71(53-69)78(73)90-42-30-26-22-18-14-10-2;;;;/h33-40,45-52,61-64H,9-32,41-44,53-60H2,1-8H3;4*1H/q+4;;;;/p-4. The van der Waals surface area contributed by atoms with E-state index in [0.717, 1.165) is 101 Å². The van der Waals surface area contributed by atoms with Crippen LogP contribution >= 0.6 is 0 Å². The molecule has 4 heterocycles. The lowest BCUT2D eigenvalue weighted by Crippen LogP contribution is -3.00. The number of benzene rings is 4. The van der Waals surface area contributed by atoms with Gasteiger partial charge in [-0.15, -0.1) is 0 Å². The van der Waals surface area contributed by atoms with E-state index in [0.29, 0.717) is 52.1 Å². The number of halogens is 4. The van der Waals surface area contributed by atoms with Crippen LogP contribution in [-0.2, 0) is 80.1 Å². The van der Waals surface area contributed by atoms with E-state index in [9.17, 15) is 0 Å². The van der Waals surface area contributed by atoms with Gasteiger partial charge in [-0.25, -0.2) is 36.5 Å². The van der Waals surface area contributed by atoms with E-state index in [-0.39, 0.29) is 49.6 Å². The maximum Gasteiger partial charge on any atom is 0.243 e. The van der Waals surface area contributed by atoms with Crippen LogP contribution in [0.15, 0.2) is 123 Å². The van der Waals surface area contributed by atoms with Crippen molar-refractivity contribution >= 4 is 0 Å². The Kier molecular flexibility index (Phi) is 36.6. The molecule has 528 valence electrons. The summed E-state index contributed by atoms with van der Waals surface area (Å²) in [4.78, 5) is 0. The third-order valence-electron chi connectivity index (χ3n) is 18.5. The predicted molar refractivity (Wildman–Crippen MR) is 371 cm³/mol. The first-order chi connectivity index (χ1) is 45.0. The van der Waals surface area contributed by atoms with E-state index in [4.69, 9.17) is 18.9 Å². The van der Waals surface area contributed by atoms with Crippen molar-refractivity contribution in [3.05, 3.63) is 190 Å². The van der Waals surface area contributed by atoms with Crippen molar-refractivity contribution in [3.8, 4) is 23.0 Å². The van der Waals surface area contributed by atoms with Crippen molar-refractivity contribution in [1.82, 2.24) is 18.3 Å². The summed E-state index contributed by atoms with van der Waals surface area (Å²) in [7, 11) is 8.45. The van der Waals surface area contributed by atoms with Crippen LogP contribution in [0.25, 0.3) is 0 Å². The minimum absolute atomic E-state index is 0. The van der Waals surface area contributed by atoms with Crippen molar-refractivity contribution in [2.45, 2.75) is 234 Å². The second kappa shape index (κ2) is 43.5. The van der Waals surface area contributed by atoms with Gasteiger partial charge in [0.15, 0.2) is 0 Å². The Bertz CT molecular complexity index is 2970. The van der Waals surface area contributed by atoms with E-state index < -0.39 is 0 Å². The van der Waals surface area contributed by atoms with Crippen LogP contribution < -0.4 is 86.8 Å². The molecule has 0 spiro atoms. The highest BCUT2D eigenvalue weighted by Crippen LogP contribution is 2.42. The highest BCUT2D eigenvalue weighted by Gasteiger charge is 2.27. The first kappa shape index (κ1) is 80.8. The van der Waals surface area contributed by atoms with Gasteiger partial charge in [0.25, 0.3) is 0 Å². The molecule has 96 heavy (non-hydrogen) atoms. The average molecular weight is 1400 g/mol. The molecule has 1 aliphatic rings. The number of aryl methyl sites for hydroxylation is 4. The van der Waals surface area contributed by atoms with Crippen molar-refractivity contribution in [2.24, 2.45) is 28.2 Å². The van der Waals surface area contributed by atoms with Crippen LogP contribution in [0, 0.1) is 0 Å². The van der Waals surface area contributed by atoms with E-state index in [1.54, 1.807) is 0 Å². The summed E-state index contributed by atoms with van der Waals surface area (Å²) in [5, 5.41) is 0. The number of hydrogen-bond donors (Lipinski definition) is 0. The number of ether oxygens (including phenoxy) is 4. The van der Waals surface area contributed by atoms with Crippen LogP contribution in [0.4, 0.5) is 0 Å². The molecule has 0 N–H and O–H groups in total. The van der Waals surface area contributed by atoms with Gasteiger partial charge in [-0.05, 0) is 141 Å². The molecule has 9 rings (SSSR count). The molecule has 0 aliphatic heterocycles. The van der Waals surface area contributed by atoms with E-state index >= 15 is 0 Å². The largest absolute Gasteiger partial charge is 1.00 e. The Morgan fingerprint density at radius 3 is 0.615 bits per heavy atom. The second-order valence-corrected chi connectivity index (χ2v) is 27.2. The fourth-order valence-corrected chi connectivity index (χ4v) is 13.7. The number of hydrogen-bond acceptors (Lipinski definition) is 4. The first-order valence-corrected chi connectivity index (χ1v) is 36.2. The molecule has 0 amide bonds. The zero-order valence-corrected chi connectivity index (χ0v) is 62.7. The smallest absolute Gasteiger partial charge is 0.243 e. The van der Waals surface area contributed by atoms with E-state index in [2.05, 4.69) is 216 Å². The van der Waals surface area contributed by atoms with Gasteiger partial charge in [-0.1, -0.05) is 156 Å². The minimum Gasteiger partial charge on any atom is -1.00 e. The van der Waals surface area contributed by atoms with Gasteiger partial charge in [0.2, 0.25) is 25.3 Å². The number of fused-ring (bicyclic) bond motifs is 8. The van der Waals surface area contributed by atoms with Gasteiger partial charge in [-0.2, -0.15) is 0 Å². The normalized spacial score (nSPS) is 11.8. The van der Waals surface area contributed by atoms with Gasteiger partial charge in [0.05, 0.1) is 54.6 Å². The summed E-state index contributed by atoms with van der Waals surface area (Å²) >= 11 is 0. The molecule has 1 aliphatic carbocycles. The fraction of sp³-hybridized carbons (Fsp3) is 0.550. The highest BCUT2D eigenvalue weighted by molar-refractivity contribution is 5.59. The molecule has 0 radical (unpaired) electrons. The van der Waals surface area contributed by atoms with Gasteiger partial charge >= 0.3 is 0 Å². The van der Waals surface area contributed by atoms with Gasteiger partial charge in [0, 0.05) is 25.7 Å². The number of nitrogens with zero attached hydrogens (tertiary/aromatic N) is 8. The van der Waals surface area contributed by atoms with Crippen molar-refractivity contribution in [3.63, 3.8) is 0 Å². The fourth-order valence-electron chi connectivity index (χ4n) is 13.7. The number of rotatable bonds is 40. The topological polar surface area (TPSA) is 72.2 Å². The molecule has 0 fully saturated rings. The molecule has 16 heteroatoms. The van der Waals surface area contributed by atoms with Gasteiger partial charge in [-0.3, -0.25) is 0 Å². The van der Waals surface area contributed by atoms with Crippen LogP contribution in [-0.4, -0.2) is 44.7 Å². The number of unbranched alkanes of at least 4 members (excludes halogenated alkanes) is 20. The molecule has 8 aromatic rings. The third kappa shape index (κ3) is 25.4. The Hall–Kier alpha value is -5.92. The molecule has 0 saturated carbocycles. The molecule has 4 aromatic carbocycles. The molecule has 0 atom stereocenters. The maximum absolute atomic E-state index is 7.46. The first-order valence-electron chi connectivity index (χ1n) is 36.2. The van der Waals surface area contributed by atoms with Gasteiger partial charge in [0.1, 0.15) is 98.8 Å². The SMILES string of the molecule is CCCCCCCCOc1c2cc(Cn3cc[n+](C)c3)cc1Cc1cc(Cn3cc[n+](C)c3)cc(c1OCCCCCCCC)Cc1cc(Cn3cc[n+](C)c3)cc(c1OCCCCCCCC)Cc1cc(Cn3cc[n+](C)c3)cc(c1OCCCCCCCC)C2.[Cl-].[Cl-].[Cl-].[Cl-]. The summed E-state index contributed by atoms with van der Waals surface area (Å²) in [6.45, 7) is 14.8. The van der Waals surface area contributed by atoms with Crippen LogP contribution in [0.5, 0.6) is 23.0 Å². The summed E-state index contributed by atoms with van der Waals surface area (Å²) in [6.07, 6.45) is 57.4. The van der Waals surface area contributed by atoms with Crippen LogP contribution in [0.3, 0.4) is 0 Å². The summed E-state index contributed by atoms with van der Waals surface area (Å²) in [6, 6.07) is 19.7. The molecule has 12 nitrogen and oxygen atoms in total. The summed E-state index contributed by atoms with van der Waals surface area (Å²) < 4.78 is 47.7. The summed E-state index contributed by atoms with van der Waals surface area (Å²) in [5.74, 6) is 4.01. The Morgan fingerprint density at radius 1 is 0.271 bits per heavy atom. The lowest BCUT2D eigenvalue weighted by molar-refractivity contribution is -0.671. The number of imidazole rings is 4. The quantitative estimate of drug-likeness (QED) is 0.0431. The van der Waals surface area contributed by atoms with Crippen molar-refractivity contribution < 1.29 is 86.8 Å². The van der Waals surface area contributed by atoms with Crippen LogP contribution in [0.2, 0.25) is 0 Å². The highest BCUT2D eigenvalue weighted by atomic mass is 35.5. The molecule has 0 saturated heterocycles. The Labute approximate surface area is 602 Å². The monoisotopic (exact) mass is 1390 g/mol. The van der Waals surface area contributed by atoms with E-state index in [1.807, 2.05) is 0 Å². The molecular formula is C80H116Cl4N8O4. The molecular weight excluding hydrogens is 1280 g/mol. The number of aromatic nitrogens is 8. The second-order valence-electron chi connectivity index (χ2n) is 27.2. The summed E-state index contributed by atoms with van der Waals surface area (Å²) in [5.41, 5.74) is 14.6. The lowest BCUT2D eigenvalue weighted by atomic mass is 9.88. The molecule has 0 unspecified atom stereocenters. The van der Waals surface area contributed by atoms with Crippen LogP contribution in [0.1, 0.15) is 249 Å².